The maximum atomic E-state index is 12.5. The molecule has 0 radical (unpaired) electrons. The highest BCUT2D eigenvalue weighted by atomic mass is 32.2. The molecule has 0 bridgehead atoms. The molecule has 1 aromatic rings. The van der Waals surface area contributed by atoms with Gasteiger partial charge in [-0.3, -0.25) is 0 Å². The van der Waals surface area contributed by atoms with Crippen LogP contribution in [0.25, 0.3) is 0 Å². The van der Waals surface area contributed by atoms with Gasteiger partial charge in [-0.25, -0.2) is 8.42 Å². The van der Waals surface area contributed by atoms with Gasteiger partial charge in [0.15, 0.2) is 0 Å². The van der Waals surface area contributed by atoms with E-state index in [0.717, 1.165) is 31.2 Å². The molecular weight excluding hydrogens is 262 g/mol. The molecule has 1 N–H and O–H groups in total. The molecule has 0 spiro atoms. The van der Waals surface area contributed by atoms with Gasteiger partial charge in [0.2, 0.25) is 10.0 Å². The van der Waals surface area contributed by atoms with Crippen LogP contribution in [0, 0.1) is 0 Å². The molecule has 5 heteroatoms. The lowest BCUT2D eigenvalue weighted by molar-refractivity contribution is 0.199. The van der Waals surface area contributed by atoms with Crippen molar-refractivity contribution < 1.29 is 13.5 Å². The first-order chi connectivity index (χ1) is 9.01. The highest BCUT2D eigenvalue weighted by molar-refractivity contribution is 7.89. The Morgan fingerprint density at radius 3 is 2.05 bits per heavy atom. The summed E-state index contributed by atoms with van der Waals surface area (Å²) in [5, 5.41) is 9.44. The molecule has 1 unspecified atom stereocenters. The average molecular weight is 283 g/mol. The van der Waals surface area contributed by atoms with Crippen molar-refractivity contribution >= 4 is 10.0 Å². The van der Waals surface area contributed by atoms with E-state index < -0.39 is 16.1 Å². The third-order valence-electron chi connectivity index (χ3n) is 3.57. The summed E-state index contributed by atoms with van der Waals surface area (Å²) < 4.78 is 26.5. The van der Waals surface area contributed by atoms with Crippen molar-refractivity contribution in [2.75, 3.05) is 13.1 Å². The van der Waals surface area contributed by atoms with Gasteiger partial charge in [0.1, 0.15) is 0 Å². The number of aliphatic hydroxyl groups excluding tert-OH is 1. The van der Waals surface area contributed by atoms with Crippen molar-refractivity contribution in [1.82, 2.24) is 4.31 Å². The molecule has 2 rings (SSSR count). The summed E-state index contributed by atoms with van der Waals surface area (Å²) in [6, 6.07) is 6.52. The van der Waals surface area contributed by atoms with Gasteiger partial charge in [-0.2, -0.15) is 4.31 Å². The van der Waals surface area contributed by atoms with Crippen molar-refractivity contribution in [3.63, 3.8) is 0 Å². The molecule has 106 valence electrons. The van der Waals surface area contributed by atoms with Crippen molar-refractivity contribution in [3.8, 4) is 0 Å². The third kappa shape index (κ3) is 3.35. The Balaban J connectivity index is 2.23. The van der Waals surface area contributed by atoms with Gasteiger partial charge in [0.05, 0.1) is 11.0 Å². The second-order valence-electron chi connectivity index (χ2n) is 5.06. The molecular formula is C14H21NO3S. The van der Waals surface area contributed by atoms with Gasteiger partial charge in [-0.05, 0) is 37.5 Å². The SMILES string of the molecule is CC(O)c1ccc(S(=O)(=O)N2CCCCCC2)cc1. The number of nitrogens with zero attached hydrogens (tertiary/aromatic N) is 1. The molecule has 0 amide bonds. The maximum absolute atomic E-state index is 12.5. The van der Waals surface area contributed by atoms with Crippen LogP contribution in [-0.4, -0.2) is 30.9 Å². The second-order valence-corrected chi connectivity index (χ2v) is 7.00. The number of sulfonamides is 1. The van der Waals surface area contributed by atoms with E-state index in [-0.39, 0.29) is 0 Å². The third-order valence-corrected chi connectivity index (χ3v) is 5.48. The lowest BCUT2D eigenvalue weighted by Gasteiger charge is -2.20. The Hall–Kier alpha value is -0.910. The zero-order chi connectivity index (χ0) is 13.9. The molecule has 4 nitrogen and oxygen atoms in total. The number of aliphatic hydroxyl groups is 1. The molecule has 0 aliphatic carbocycles. The number of hydrogen-bond donors (Lipinski definition) is 1. The summed E-state index contributed by atoms with van der Waals surface area (Å²) in [6.07, 6.45) is 3.51. The molecule has 1 atom stereocenters. The summed E-state index contributed by atoms with van der Waals surface area (Å²) in [5.74, 6) is 0. The summed E-state index contributed by atoms with van der Waals surface area (Å²) in [7, 11) is -3.38. The van der Waals surface area contributed by atoms with Crippen LogP contribution in [0.2, 0.25) is 0 Å². The molecule has 1 aliphatic heterocycles. The van der Waals surface area contributed by atoms with Crippen molar-refractivity contribution in [2.45, 2.75) is 43.6 Å². The van der Waals surface area contributed by atoms with Gasteiger partial charge in [0.25, 0.3) is 0 Å². The minimum atomic E-state index is -3.38. The standard InChI is InChI=1S/C14H21NO3S/c1-12(16)13-6-8-14(9-7-13)19(17,18)15-10-4-2-3-5-11-15/h6-9,12,16H,2-5,10-11H2,1H3. The van der Waals surface area contributed by atoms with Crippen LogP contribution in [0.15, 0.2) is 29.2 Å². The van der Waals surface area contributed by atoms with Gasteiger partial charge in [-0.15, -0.1) is 0 Å². The summed E-state index contributed by atoms with van der Waals surface area (Å²) in [4.78, 5) is 0.318. The Bertz CT molecular complexity index is 500. The summed E-state index contributed by atoms with van der Waals surface area (Å²) in [6.45, 7) is 2.89. The zero-order valence-corrected chi connectivity index (χ0v) is 12.1. The lowest BCUT2D eigenvalue weighted by Crippen LogP contribution is -2.31. The van der Waals surface area contributed by atoms with Crippen LogP contribution in [0.5, 0.6) is 0 Å². The van der Waals surface area contributed by atoms with Gasteiger partial charge >= 0.3 is 0 Å². The molecule has 1 heterocycles. The summed E-state index contributed by atoms with van der Waals surface area (Å²) in [5.41, 5.74) is 0.731. The van der Waals surface area contributed by atoms with E-state index in [1.165, 1.54) is 0 Å². The van der Waals surface area contributed by atoms with E-state index in [1.807, 2.05) is 0 Å². The average Bonchev–Trinajstić information content (AvgIpc) is 2.68. The van der Waals surface area contributed by atoms with Crippen LogP contribution in [0.1, 0.15) is 44.3 Å². The van der Waals surface area contributed by atoms with Crippen LogP contribution in [-0.2, 0) is 10.0 Å². The Labute approximate surface area is 115 Å². The topological polar surface area (TPSA) is 57.6 Å². The van der Waals surface area contributed by atoms with Gasteiger partial charge in [0, 0.05) is 13.1 Å². The highest BCUT2D eigenvalue weighted by Gasteiger charge is 2.24. The number of hydrogen-bond acceptors (Lipinski definition) is 3. The minimum absolute atomic E-state index is 0.318. The Morgan fingerprint density at radius 2 is 1.58 bits per heavy atom. The van der Waals surface area contributed by atoms with E-state index in [2.05, 4.69) is 0 Å². The predicted molar refractivity (Wildman–Crippen MR) is 74.3 cm³/mol. The fourth-order valence-corrected chi connectivity index (χ4v) is 3.87. The fraction of sp³-hybridized carbons (Fsp3) is 0.571. The predicted octanol–water partition coefficient (Wildman–Crippen LogP) is 2.30. The Kier molecular flexibility index (Phi) is 4.60. The maximum Gasteiger partial charge on any atom is 0.243 e. The van der Waals surface area contributed by atoms with Crippen LogP contribution >= 0.6 is 0 Å². The first-order valence-electron chi connectivity index (χ1n) is 6.80. The first-order valence-corrected chi connectivity index (χ1v) is 8.24. The van der Waals surface area contributed by atoms with E-state index in [9.17, 15) is 13.5 Å². The quantitative estimate of drug-likeness (QED) is 0.926. The van der Waals surface area contributed by atoms with Gasteiger partial charge < -0.3 is 5.11 Å². The van der Waals surface area contributed by atoms with E-state index in [0.29, 0.717) is 18.0 Å². The first kappa shape index (κ1) is 14.5. The van der Waals surface area contributed by atoms with Crippen LogP contribution < -0.4 is 0 Å². The van der Waals surface area contributed by atoms with E-state index in [4.69, 9.17) is 0 Å². The fourth-order valence-electron chi connectivity index (χ4n) is 2.35. The molecule has 1 aliphatic rings. The smallest absolute Gasteiger partial charge is 0.243 e. The largest absolute Gasteiger partial charge is 0.389 e. The van der Waals surface area contributed by atoms with Gasteiger partial charge in [-0.1, -0.05) is 25.0 Å². The second kappa shape index (κ2) is 6.03. The molecule has 0 aromatic heterocycles. The van der Waals surface area contributed by atoms with Crippen LogP contribution in [0.4, 0.5) is 0 Å². The normalized spacial score (nSPS) is 19.9. The molecule has 1 aromatic carbocycles. The molecule has 19 heavy (non-hydrogen) atoms. The minimum Gasteiger partial charge on any atom is -0.389 e. The van der Waals surface area contributed by atoms with E-state index >= 15 is 0 Å². The molecule has 1 saturated heterocycles. The Morgan fingerprint density at radius 1 is 1.05 bits per heavy atom. The van der Waals surface area contributed by atoms with Crippen molar-refractivity contribution in [2.24, 2.45) is 0 Å². The number of benzene rings is 1. The lowest BCUT2D eigenvalue weighted by atomic mass is 10.1. The summed E-state index contributed by atoms with van der Waals surface area (Å²) >= 11 is 0. The molecule has 1 fully saturated rings. The van der Waals surface area contributed by atoms with Crippen molar-refractivity contribution in [1.29, 1.82) is 0 Å². The van der Waals surface area contributed by atoms with Crippen LogP contribution in [0.3, 0.4) is 0 Å². The highest BCUT2D eigenvalue weighted by Crippen LogP contribution is 2.22. The monoisotopic (exact) mass is 283 g/mol. The number of rotatable bonds is 3. The zero-order valence-electron chi connectivity index (χ0n) is 11.2. The van der Waals surface area contributed by atoms with Crippen molar-refractivity contribution in [3.05, 3.63) is 29.8 Å². The molecule has 0 saturated carbocycles. The van der Waals surface area contributed by atoms with E-state index in [1.54, 1.807) is 35.5 Å².